The maximum Gasteiger partial charge on any atom is 0.418 e. The van der Waals surface area contributed by atoms with E-state index in [0.717, 1.165) is 41.7 Å². The highest BCUT2D eigenvalue weighted by atomic mass is 32.3. The Labute approximate surface area is 292 Å². The number of anilines is 1. The lowest BCUT2D eigenvalue weighted by Gasteiger charge is -2.50. The minimum Gasteiger partial charge on any atom is -0.489 e. The van der Waals surface area contributed by atoms with Gasteiger partial charge in [-0.25, -0.2) is 9.78 Å². The van der Waals surface area contributed by atoms with Crippen molar-refractivity contribution in [1.29, 1.82) is 0 Å². The van der Waals surface area contributed by atoms with Gasteiger partial charge in [0.05, 0.1) is 23.9 Å². The van der Waals surface area contributed by atoms with Crippen LogP contribution < -0.4 is 26.2 Å². The van der Waals surface area contributed by atoms with Crippen LogP contribution in [0.15, 0.2) is 47.2 Å². The number of H-pyrrole nitrogens is 1. The number of carbonyl (C=O) groups is 3. The number of ether oxygens (including phenoxy) is 2. The monoisotopic (exact) mass is 737 g/mol. The second-order valence-electron chi connectivity index (χ2n) is 11.6. The fraction of sp³-hybridized carbons (Fsp3) is 0.467. The molecule has 0 aliphatic carbocycles. The second-order valence-corrected chi connectivity index (χ2v) is 13.5. The Hall–Kier alpha value is -4.63. The van der Waals surface area contributed by atoms with Gasteiger partial charge in [0.1, 0.15) is 24.1 Å². The molecule has 0 bridgehead atoms. The van der Waals surface area contributed by atoms with Gasteiger partial charge in [0.2, 0.25) is 6.20 Å². The summed E-state index contributed by atoms with van der Waals surface area (Å²) in [6.07, 6.45) is 5.38. The van der Waals surface area contributed by atoms with Gasteiger partial charge in [-0.1, -0.05) is 24.2 Å². The van der Waals surface area contributed by atoms with Crippen molar-refractivity contribution in [2.75, 3.05) is 25.5 Å². The molecule has 0 radical (unpaired) electrons. The average Bonchev–Trinajstić information content (AvgIpc) is 3.74. The number of nitrogens with zero attached hydrogens (tertiary/aromatic N) is 4. The normalized spacial score (nSPS) is 17.1. The number of nitrogens with two attached hydrogens (primary N) is 2. The molecule has 1 unspecified atom stereocenters. The summed E-state index contributed by atoms with van der Waals surface area (Å²) < 4.78 is 48.7. The van der Waals surface area contributed by atoms with Gasteiger partial charge in [0, 0.05) is 18.2 Å². The van der Waals surface area contributed by atoms with Gasteiger partial charge in [-0.05, 0) is 51.4 Å². The van der Waals surface area contributed by atoms with Gasteiger partial charge in [-0.15, -0.1) is 20.3 Å². The van der Waals surface area contributed by atoms with E-state index < -0.39 is 51.6 Å². The van der Waals surface area contributed by atoms with Crippen LogP contribution in [0.3, 0.4) is 0 Å². The quantitative estimate of drug-likeness (QED) is 0.0308. The van der Waals surface area contributed by atoms with Crippen LogP contribution in [0.1, 0.15) is 58.7 Å². The molecule has 1 saturated heterocycles. The van der Waals surface area contributed by atoms with Gasteiger partial charge in [-0.3, -0.25) is 14.1 Å². The molecule has 3 aromatic rings. The number of hydrogen-bond donors (Lipinski definition) is 5. The number of thiazole rings is 1. The molecule has 3 atom stereocenters. The van der Waals surface area contributed by atoms with E-state index in [1.807, 2.05) is 24.5 Å². The van der Waals surface area contributed by atoms with Crippen molar-refractivity contribution in [1.82, 2.24) is 20.5 Å². The van der Waals surface area contributed by atoms with Crippen LogP contribution in [0.25, 0.3) is 11.1 Å². The van der Waals surface area contributed by atoms with Crippen molar-refractivity contribution in [2.24, 2.45) is 10.9 Å². The van der Waals surface area contributed by atoms with E-state index in [0.29, 0.717) is 23.4 Å². The van der Waals surface area contributed by atoms with Gasteiger partial charge < -0.3 is 31.1 Å². The largest absolute Gasteiger partial charge is 0.489 e. The summed E-state index contributed by atoms with van der Waals surface area (Å²) in [6, 6.07) is 6.19. The first-order valence-electron chi connectivity index (χ1n) is 15.6. The van der Waals surface area contributed by atoms with Crippen molar-refractivity contribution >= 4 is 50.4 Å². The molecule has 2 aromatic heterocycles. The molecule has 50 heavy (non-hydrogen) atoms. The molecule has 1 aliphatic rings. The third kappa shape index (κ3) is 9.33. The predicted octanol–water partition coefficient (Wildman–Crippen LogP) is 1.27. The third-order valence-electron chi connectivity index (χ3n) is 7.76. The average molecular weight is 738 g/mol. The van der Waals surface area contributed by atoms with Crippen molar-refractivity contribution in [3.8, 4) is 16.9 Å². The van der Waals surface area contributed by atoms with Crippen LogP contribution >= 0.6 is 11.3 Å². The first kappa shape index (κ1) is 38.2. The van der Waals surface area contributed by atoms with Crippen LogP contribution in [0.2, 0.25) is 0 Å². The summed E-state index contributed by atoms with van der Waals surface area (Å²) >= 11 is 0.995. The van der Waals surface area contributed by atoms with Crippen molar-refractivity contribution in [2.45, 2.75) is 70.7 Å². The molecule has 20 heteroatoms. The molecule has 4 rings (SSSR count). The van der Waals surface area contributed by atoms with Crippen molar-refractivity contribution in [3.05, 3.63) is 47.7 Å². The number of amides is 2. The number of hydrogen-bond acceptors (Lipinski definition) is 14. The molecule has 3 heterocycles. The van der Waals surface area contributed by atoms with Gasteiger partial charge >= 0.3 is 16.4 Å². The van der Waals surface area contributed by atoms with E-state index in [1.54, 1.807) is 19.1 Å². The number of aromatic amines is 1. The highest BCUT2D eigenvalue weighted by Crippen LogP contribution is 2.33. The topological polar surface area (TPSA) is 255 Å². The second kappa shape index (κ2) is 16.4. The van der Waals surface area contributed by atoms with E-state index in [9.17, 15) is 22.8 Å². The number of oxime groups is 1. The molecule has 1 aliphatic heterocycles. The Morgan fingerprint density at radius 2 is 1.96 bits per heavy atom. The Morgan fingerprint density at radius 1 is 1.24 bits per heavy atom. The smallest absolute Gasteiger partial charge is 0.418 e. The zero-order valence-electron chi connectivity index (χ0n) is 27.9. The highest BCUT2D eigenvalue weighted by Gasteiger charge is 2.58. The molecule has 2 amide bonds. The van der Waals surface area contributed by atoms with Crippen LogP contribution in [0.5, 0.6) is 5.75 Å². The van der Waals surface area contributed by atoms with E-state index >= 15 is 0 Å². The zero-order valence-corrected chi connectivity index (χ0v) is 29.5. The maximum atomic E-state index is 13.4. The Morgan fingerprint density at radius 3 is 2.54 bits per heavy atom. The van der Waals surface area contributed by atoms with Gasteiger partial charge in [0.15, 0.2) is 16.9 Å². The first-order chi connectivity index (χ1) is 23.7. The molecule has 1 aromatic carbocycles. The molecule has 0 spiro atoms. The predicted molar refractivity (Wildman–Crippen MR) is 180 cm³/mol. The molecule has 0 saturated carbocycles. The number of esters is 1. The summed E-state index contributed by atoms with van der Waals surface area (Å²) in [5.41, 5.74) is 11.5. The molecule has 1 fully saturated rings. The van der Waals surface area contributed by atoms with Crippen LogP contribution in [0.4, 0.5) is 5.13 Å². The van der Waals surface area contributed by atoms with Crippen LogP contribution in [0, 0.1) is 0 Å². The minimum absolute atomic E-state index is 0.0237. The molecule has 18 nitrogen and oxygen atoms in total. The maximum absolute atomic E-state index is 13.4. The number of benzene rings is 1. The summed E-state index contributed by atoms with van der Waals surface area (Å²) in [4.78, 5) is 48.3. The number of nitrogen functional groups attached to an aromatic ring is 1. The van der Waals surface area contributed by atoms with Crippen molar-refractivity contribution in [3.63, 3.8) is 0 Å². The number of rotatable bonds is 18. The molecular formula is C30H41N8O10S2+. The Balaban J connectivity index is 1.47. The number of β-lactam (4-membered cyclic amide) rings is 1. The van der Waals surface area contributed by atoms with Crippen LogP contribution in [-0.2, 0) is 38.6 Å². The molecular weight excluding hydrogens is 697 g/mol. The lowest BCUT2D eigenvalue weighted by Crippen LogP contribution is -2.76. The fourth-order valence-electron chi connectivity index (χ4n) is 5.06. The number of nitrogens with one attached hydrogen (secondary N) is 2. The van der Waals surface area contributed by atoms with Crippen molar-refractivity contribution < 1.29 is 50.6 Å². The summed E-state index contributed by atoms with van der Waals surface area (Å²) in [5.74, 6) is -2.34. The third-order valence-corrected chi connectivity index (χ3v) is 8.78. The van der Waals surface area contributed by atoms with E-state index in [2.05, 4.69) is 36.4 Å². The lowest BCUT2D eigenvalue weighted by atomic mass is 9.84. The SMILES string of the molecule is CCOC(=O)[C@H](COc1ccc(-c2c[nH][n+](C(CC)CCCN)c2)cc1)O/N=C(\C(=O)N[C@@H]1C(=O)N(OS(=O)(=O)O)C1(C)C)c1csc(N)n1. The van der Waals surface area contributed by atoms with E-state index in [1.165, 1.54) is 19.2 Å². The zero-order chi connectivity index (χ0) is 36.6. The Bertz CT molecular complexity index is 1790. The fourth-order valence-corrected chi connectivity index (χ4v) is 6.06. The molecule has 272 valence electrons. The standard InChI is InChI=1S/C30H40N8O10S2/c1-5-20(8-7-13-31)37-15-19(14-33-37)18-9-11-21(12-10-18)46-16-23(28(41)45-6-2)47-36-24(22-17-49-29(32)34-22)26(39)35-25-27(40)38(30(25,3)4)48-50(42,43)44/h9-12,14-15,17,20,23,25H,5-8,13,16,31H2,1-4H3,(H4,32,34,35,39,42,43,44)/p+1/b36-24-/t20?,23-,25+/m0/s1. The summed E-state index contributed by atoms with van der Waals surface area (Å²) in [7, 11) is -5.01. The summed E-state index contributed by atoms with van der Waals surface area (Å²) in [6.45, 7) is 6.82. The minimum atomic E-state index is -5.01. The van der Waals surface area contributed by atoms with Gasteiger partial charge in [-0.2, -0.15) is 18.6 Å². The summed E-state index contributed by atoms with van der Waals surface area (Å²) in [5, 5.41) is 11.5. The molecule has 7 N–H and O–H groups in total. The first-order valence-corrected chi connectivity index (χ1v) is 17.9. The van der Waals surface area contributed by atoms with Gasteiger partial charge in [0.25, 0.3) is 17.9 Å². The van der Waals surface area contributed by atoms with E-state index in [4.69, 9.17) is 30.3 Å². The number of hydroxylamine groups is 2. The lowest BCUT2D eigenvalue weighted by molar-refractivity contribution is -0.774. The Kier molecular flexibility index (Phi) is 12.5. The number of carbonyl (C=O) groups excluding carboxylic acids is 3. The highest BCUT2D eigenvalue weighted by molar-refractivity contribution is 7.80. The number of aromatic nitrogens is 3. The van der Waals surface area contributed by atoms with Crippen LogP contribution in [-0.4, -0.2) is 89.1 Å². The van der Waals surface area contributed by atoms with E-state index in [-0.39, 0.29) is 24.0 Å².